The van der Waals surface area contributed by atoms with Crippen LogP contribution in [0.15, 0.2) is 42.6 Å². The number of likely N-dealkylation sites (N-methyl/N-ethyl adjacent to an activating group) is 2. The van der Waals surface area contributed by atoms with E-state index in [1.165, 1.54) is 11.0 Å². The summed E-state index contributed by atoms with van der Waals surface area (Å²) in [6.07, 6.45) is 8.41. The number of nitriles is 1. The van der Waals surface area contributed by atoms with E-state index in [1.807, 2.05) is 31.1 Å². The zero-order chi connectivity index (χ0) is 29.8. The number of hydrogen-bond acceptors (Lipinski definition) is 8. The molecule has 1 saturated carbocycles. The van der Waals surface area contributed by atoms with Crippen LogP contribution in [0.4, 0.5) is 17.5 Å². The molecule has 0 unspecified atom stereocenters. The SMILES string of the molecule is CCCNc1nc(Nc2ccc(C#N)cc2)ncc1C#C[C@@H]1CC[C@H](NC(=O)[C@H](C)N(C)C(=O)C=CCN(C)C)C1. The van der Waals surface area contributed by atoms with Crippen molar-refractivity contribution in [2.45, 2.75) is 51.6 Å². The Balaban J connectivity index is 1.59. The Morgan fingerprint density at radius 3 is 2.63 bits per heavy atom. The molecule has 0 saturated heterocycles. The van der Waals surface area contributed by atoms with E-state index < -0.39 is 6.04 Å². The summed E-state index contributed by atoms with van der Waals surface area (Å²) in [7, 11) is 5.50. The van der Waals surface area contributed by atoms with Crippen LogP contribution in [0.2, 0.25) is 0 Å². The third-order valence-electron chi connectivity index (χ3n) is 6.83. The molecule has 1 aromatic carbocycles. The molecule has 41 heavy (non-hydrogen) atoms. The molecule has 2 aromatic rings. The molecule has 3 rings (SSSR count). The Kier molecular flexibility index (Phi) is 11.7. The standard InChI is InChI=1S/C31H40N8O2/c1-6-17-33-29-25(21-34-31(37-29)36-26-14-11-24(20-32)12-15-26)13-9-23-10-16-27(19-23)35-30(41)22(2)39(5)28(40)8-7-18-38(3)4/h7-8,11-12,14-15,21-23,27H,6,10,16-19H2,1-5H3,(H,35,41)(H2,33,34,36,37)/t22-,23+,27-/m0/s1. The van der Waals surface area contributed by atoms with Crippen LogP contribution in [0.25, 0.3) is 0 Å². The highest BCUT2D eigenvalue weighted by Gasteiger charge is 2.28. The first-order valence-corrected chi connectivity index (χ1v) is 14.0. The monoisotopic (exact) mass is 556 g/mol. The largest absolute Gasteiger partial charge is 0.369 e. The smallest absolute Gasteiger partial charge is 0.246 e. The molecule has 10 nitrogen and oxygen atoms in total. The van der Waals surface area contributed by atoms with E-state index in [0.717, 1.165) is 37.9 Å². The molecule has 1 aromatic heterocycles. The van der Waals surface area contributed by atoms with Crippen molar-refractivity contribution in [1.29, 1.82) is 5.26 Å². The van der Waals surface area contributed by atoms with Crippen LogP contribution in [0.3, 0.4) is 0 Å². The highest BCUT2D eigenvalue weighted by atomic mass is 16.2. The van der Waals surface area contributed by atoms with Crippen molar-refractivity contribution in [2.24, 2.45) is 5.92 Å². The minimum atomic E-state index is -0.572. The molecule has 0 aliphatic heterocycles. The van der Waals surface area contributed by atoms with Crippen molar-refractivity contribution in [1.82, 2.24) is 25.1 Å². The number of aromatic nitrogens is 2. The van der Waals surface area contributed by atoms with Gasteiger partial charge in [-0.15, -0.1) is 0 Å². The number of carbonyl (C=O) groups is 2. The molecule has 0 radical (unpaired) electrons. The first-order chi connectivity index (χ1) is 19.7. The molecular weight excluding hydrogens is 516 g/mol. The molecule has 1 aliphatic rings. The van der Waals surface area contributed by atoms with Crippen LogP contribution in [0.5, 0.6) is 0 Å². The van der Waals surface area contributed by atoms with E-state index in [4.69, 9.17) is 5.26 Å². The number of rotatable bonds is 11. The Labute approximate surface area is 243 Å². The molecule has 1 fully saturated rings. The number of nitrogens with one attached hydrogen (secondary N) is 3. The second-order valence-electron chi connectivity index (χ2n) is 10.5. The predicted octanol–water partition coefficient (Wildman–Crippen LogP) is 3.51. The summed E-state index contributed by atoms with van der Waals surface area (Å²) >= 11 is 0. The zero-order valence-corrected chi connectivity index (χ0v) is 24.6. The molecule has 1 aliphatic carbocycles. The first-order valence-electron chi connectivity index (χ1n) is 14.0. The van der Waals surface area contributed by atoms with E-state index in [1.54, 1.807) is 38.4 Å². The molecule has 2 amide bonds. The van der Waals surface area contributed by atoms with Crippen LogP contribution >= 0.6 is 0 Å². The van der Waals surface area contributed by atoms with Crippen molar-refractivity contribution < 1.29 is 9.59 Å². The maximum Gasteiger partial charge on any atom is 0.246 e. The summed E-state index contributed by atoms with van der Waals surface area (Å²) in [6.45, 7) is 5.23. The predicted molar refractivity (Wildman–Crippen MR) is 161 cm³/mol. The minimum absolute atomic E-state index is 0.0185. The average molecular weight is 557 g/mol. The number of nitrogens with zero attached hydrogens (tertiary/aromatic N) is 5. The fraction of sp³-hybridized carbons (Fsp3) is 0.452. The van der Waals surface area contributed by atoms with Gasteiger partial charge >= 0.3 is 0 Å². The van der Waals surface area contributed by atoms with Gasteiger partial charge in [0.1, 0.15) is 11.9 Å². The van der Waals surface area contributed by atoms with Gasteiger partial charge in [-0.3, -0.25) is 9.59 Å². The maximum atomic E-state index is 12.8. The van der Waals surface area contributed by atoms with Gasteiger partial charge in [-0.2, -0.15) is 10.2 Å². The lowest BCUT2D eigenvalue weighted by Crippen LogP contribution is -2.48. The lowest BCUT2D eigenvalue weighted by Gasteiger charge is -2.24. The van der Waals surface area contributed by atoms with Crippen LogP contribution in [0.1, 0.15) is 50.7 Å². The molecular formula is C31H40N8O2. The van der Waals surface area contributed by atoms with Crippen LogP contribution in [-0.2, 0) is 9.59 Å². The summed E-state index contributed by atoms with van der Waals surface area (Å²) in [5.74, 6) is 7.48. The van der Waals surface area contributed by atoms with Crippen molar-refractivity contribution in [3.05, 3.63) is 53.7 Å². The van der Waals surface area contributed by atoms with Crippen molar-refractivity contribution in [2.75, 3.05) is 44.9 Å². The van der Waals surface area contributed by atoms with Crippen molar-refractivity contribution >= 4 is 29.3 Å². The van der Waals surface area contributed by atoms with Gasteiger partial charge in [-0.25, -0.2) is 4.98 Å². The highest BCUT2D eigenvalue weighted by Crippen LogP contribution is 2.26. The number of hydrogen-bond donors (Lipinski definition) is 3. The van der Waals surface area contributed by atoms with Crippen LogP contribution < -0.4 is 16.0 Å². The lowest BCUT2D eigenvalue weighted by atomic mass is 10.1. The molecule has 1 heterocycles. The zero-order valence-electron chi connectivity index (χ0n) is 24.6. The van der Waals surface area contributed by atoms with E-state index in [9.17, 15) is 9.59 Å². The van der Waals surface area contributed by atoms with Gasteiger partial charge in [-0.05, 0) is 71.0 Å². The number of carbonyl (C=O) groups excluding carboxylic acids is 2. The highest BCUT2D eigenvalue weighted by molar-refractivity contribution is 5.92. The Bertz CT molecular complexity index is 1320. The van der Waals surface area contributed by atoms with Gasteiger partial charge in [0.15, 0.2) is 0 Å². The summed E-state index contributed by atoms with van der Waals surface area (Å²) in [4.78, 5) is 37.7. The average Bonchev–Trinajstić information content (AvgIpc) is 3.41. The van der Waals surface area contributed by atoms with E-state index in [-0.39, 0.29) is 23.8 Å². The molecule has 3 atom stereocenters. The van der Waals surface area contributed by atoms with Gasteiger partial charge in [0.2, 0.25) is 17.8 Å². The normalized spacial score (nSPS) is 16.9. The fourth-order valence-electron chi connectivity index (χ4n) is 4.26. The van der Waals surface area contributed by atoms with Gasteiger partial charge in [0, 0.05) is 43.9 Å². The summed E-state index contributed by atoms with van der Waals surface area (Å²) in [5, 5.41) is 18.6. The Hall–Kier alpha value is -4.41. The minimum Gasteiger partial charge on any atom is -0.369 e. The van der Waals surface area contributed by atoms with E-state index in [2.05, 4.69) is 50.8 Å². The van der Waals surface area contributed by atoms with E-state index in [0.29, 0.717) is 29.4 Å². The summed E-state index contributed by atoms with van der Waals surface area (Å²) < 4.78 is 0. The first kappa shape index (κ1) is 31.1. The van der Waals surface area contributed by atoms with Crippen molar-refractivity contribution in [3.8, 4) is 17.9 Å². The molecule has 0 bridgehead atoms. The lowest BCUT2D eigenvalue weighted by molar-refractivity contribution is -0.135. The Morgan fingerprint density at radius 2 is 1.95 bits per heavy atom. The van der Waals surface area contributed by atoms with Gasteiger partial charge in [0.25, 0.3) is 0 Å². The number of anilines is 3. The molecule has 0 spiro atoms. The van der Waals surface area contributed by atoms with Crippen LogP contribution in [0, 0.1) is 29.1 Å². The third kappa shape index (κ3) is 9.63. The fourth-order valence-corrected chi connectivity index (χ4v) is 4.26. The van der Waals surface area contributed by atoms with Crippen molar-refractivity contribution in [3.63, 3.8) is 0 Å². The number of amides is 2. The van der Waals surface area contributed by atoms with Gasteiger partial charge in [-0.1, -0.05) is 24.8 Å². The molecule has 10 heteroatoms. The third-order valence-corrected chi connectivity index (χ3v) is 6.83. The number of benzene rings is 1. The molecule has 3 N–H and O–H groups in total. The second-order valence-corrected chi connectivity index (χ2v) is 10.5. The molecule has 216 valence electrons. The van der Waals surface area contributed by atoms with Gasteiger partial charge < -0.3 is 25.8 Å². The summed E-state index contributed by atoms with van der Waals surface area (Å²) in [5.41, 5.74) is 2.09. The Morgan fingerprint density at radius 1 is 1.20 bits per heavy atom. The van der Waals surface area contributed by atoms with E-state index >= 15 is 0 Å². The van der Waals surface area contributed by atoms with Gasteiger partial charge in [0.05, 0.1) is 23.4 Å². The quantitative estimate of drug-likeness (QED) is 0.284. The summed E-state index contributed by atoms with van der Waals surface area (Å²) in [6, 6.07) is 8.64. The maximum absolute atomic E-state index is 12.8. The second kappa shape index (κ2) is 15.4. The topological polar surface area (TPSA) is 126 Å². The van der Waals surface area contributed by atoms with Crippen LogP contribution in [-0.4, -0.2) is 77.9 Å².